The zero-order valence-electron chi connectivity index (χ0n) is 7.03. The molecule has 4 nitrogen and oxygen atoms in total. The summed E-state index contributed by atoms with van der Waals surface area (Å²) in [5.74, 6) is 0. The predicted octanol–water partition coefficient (Wildman–Crippen LogP) is 0.820. The van der Waals surface area contributed by atoms with E-state index in [9.17, 15) is 4.79 Å². The van der Waals surface area contributed by atoms with Gasteiger partial charge in [-0.3, -0.25) is 4.90 Å². The Morgan fingerprint density at radius 1 is 1.82 bits per heavy atom. The first-order chi connectivity index (χ1) is 5.15. The largest absolute Gasteiger partial charge is 0.444 e. The second-order valence-electron chi connectivity index (χ2n) is 2.68. The normalized spacial score (nSPS) is 27.0. The fourth-order valence-corrected chi connectivity index (χ4v) is 1.05. The van der Waals surface area contributed by atoms with Crippen LogP contribution in [0.1, 0.15) is 13.8 Å². The fourth-order valence-electron chi connectivity index (χ4n) is 1.05. The number of carbonyl (C=O) groups is 1. The first kappa shape index (κ1) is 8.33. The van der Waals surface area contributed by atoms with Crippen LogP contribution in [0.25, 0.3) is 0 Å². The van der Waals surface area contributed by atoms with Gasteiger partial charge in [0.1, 0.15) is 12.3 Å². The Bertz CT molecular complexity index is 160. The number of ether oxygens (including phenoxy) is 2. The molecule has 1 aliphatic rings. The molecule has 0 radical (unpaired) electrons. The first-order valence-electron chi connectivity index (χ1n) is 3.65. The summed E-state index contributed by atoms with van der Waals surface area (Å²) in [6.45, 7) is 4.30. The highest BCUT2D eigenvalue weighted by Crippen LogP contribution is 2.13. The van der Waals surface area contributed by atoms with Gasteiger partial charge in [-0.1, -0.05) is 0 Å². The Hall–Kier alpha value is -0.770. The second kappa shape index (κ2) is 3.09. The van der Waals surface area contributed by atoms with Gasteiger partial charge in [0.05, 0.1) is 6.54 Å². The van der Waals surface area contributed by atoms with Crippen molar-refractivity contribution in [3.63, 3.8) is 0 Å². The topological polar surface area (TPSA) is 38.8 Å². The molecular formula is C7H13NO3. The highest BCUT2D eigenvalue weighted by molar-refractivity contribution is 5.69. The Morgan fingerprint density at radius 3 is 2.82 bits per heavy atom. The van der Waals surface area contributed by atoms with E-state index in [0.717, 1.165) is 0 Å². The molecule has 1 aliphatic heterocycles. The fraction of sp³-hybridized carbons (Fsp3) is 0.857. The van der Waals surface area contributed by atoms with Gasteiger partial charge in [-0.05, 0) is 13.8 Å². The number of cyclic esters (lactones) is 1. The van der Waals surface area contributed by atoms with Gasteiger partial charge in [-0.25, -0.2) is 4.79 Å². The van der Waals surface area contributed by atoms with Crippen molar-refractivity contribution in [2.75, 3.05) is 13.7 Å². The molecule has 0 bridgehead atoms. The number of amides is 1. The van der Waals surface area contributed by atoms with E-state index in [-0.39, 0.29) is 18.4 Å². The number of hydrogen-bond donors (Lipinski definition) is 0. The molecule has 1 amide bonds. The third-order valence-corrected chi connectivity index (χ3v) is 1.77. The van der Waals surface area contributed by atoms with E-state index in [2.05, 4.69) is 0 Å². The quantitative estimate of drug-likeness (QED) is 0.598. The maximum atomic E-state index is 11.0. The Balaban J connectivity index is 2.52. The summed E-state index contributed by atoms with van der Waals surface area (Å²) in [7, 11) is 1.57. The van der Waals surface area contributed by atoms with Crippen LogP contribution in [0.4, 0.5) is 4.79 Å². The van der Waals surface area contributed by atoms with Gasteiger partial charge in [0, 0.05) is 7.11 Å². The lowest BCUT2D eigenvalue weighted by Gasteiger charge is -2.19. The number of rotatable bonds is 2. The van der Waals surface area contributed by atoms with Crippen molar-refractivity contribution >= 4 is 6.09 Å². The monoisotopic (exact) mass is 159 g/mol. The Kier molecular flexibility index (Phi) is 2.34. The van der Waals surface area contributed by atoms with Crippen molar-refractivity contribution in [3.05, 3.63) is 0 Å². The molecule has 0 aliphatic carbocycles. The third-order valence-electron chi connectivity index (χ3n) is 1.77. The van der Waals surface area contributed by atoms with Crippen LogP contribution in [0.3, 0.4) is 0 Å². The molecule has 1 heterocycles. The van der Waals surface area contributed by atoms with Crippen LogP contribution in [0.2, 0.25) is 0 Å². The van der Waals surface area contributed by atoms with E-state index in [1.807, 2.05) is 13.8 Å². The SMILES string of the molecule is COC(C)N1CC(C)OC1=O. The van der Waals surface area contributed by atoms with Crippen molar-refractivity contribution in [1.29, 1.82) is 0 Å². The van der Waals surface area contributed by atoms with Crippen molar-refractivity contribution in [2.45, 2.75) is 26.2 Å². The molecule has 2 unspecified atom stereocenters. The highest BCUT2D eigenvalue weighted by atomic mass is 16.6. The van der Waals surface area contributed by atoms with E-state index in [1.54, 1.807) is 12.0 Å². The average Bonchev–Trinajstić information content (AvgIpc) is 2.28. The predicted molar refractivity (Wildman–Crippen MR) is 39.1 cm³/mol. The molecule has 2 atom stereocenters. The number of nitrogens with zero attached hydrogens (tertiary/aromatic N) is 1. The van der Waals surface area contributed by atoms with Crippen LogP contribution in [-0.2, 0) is 9.47 Å². The van der Waals surface area contributed by atoms with Crippen molar-refractivity contribution in [3.8, 4) is 0 Å². The van der Waals surface area contributed by atoms with E-state index < -0.39 is 0 Å². The maximum absolute atomic E-state index is 11.0. The van der Waals surface area contributed by atoms with Gasteiger partial charge >= 0.3 is 6.09 Å². The van der Waals surface area contributed by atoms with Crippen LogP contribution >= 0.6 is 0 Å². The molecule has 4 heteroatoms. The van der Waals surface area contributed by atoms with Crippen LogP contribution in [0.15, 0.2) is 0 Å². The highest BCUT2D eigenvalue weighted by Gasteiger charge is 2.31. The van der Waals surface area contributed by atoms with Gasteiger partial charge in [-0.15, -0.1) is 0 Å². The summed E-state index contributed by atoms with van der Waals surface area (Å²) in [6.07, 6.45) is -0.487. The van der Waals surface area contributed by atoms with Gasteiger partial charge in [0.15, 0.2) is 0 Å². The van der Waals surface area contributed by atoms with Crippen LogP contribution < -0.4 is 0 Å². The average molecular weight is 159 g/mol. The van der Waals surface area contributed by atoms with E-state index in [4.69, 9.17) is 9.47 Å². The molecule has 0 aromatic carbocycles. The Labute approximate surface area is 66.1 Å². The second-order valence-corrected chi connectivity index (χ2v) is 2.68. The molecular weight excluding hydrogens is 146 g/mol. The lowest BCUT2D eigenvalue weighted by molar-refractivity contribution is 0.0118. The van der Waals surface area contributed by atoms with Crippen molar-refractivity contribution < 1.29 is 14.3 Å². The summed E-state index contributed by atoms with van der Waals surface area (Å²) in [4.78, 5) is 12.6. The molecule has 0 aromatic heterocycles. The van der Waals surface area contributed by atoms with Crippen LogP contribution in [0.5, 0.6) is 0 Å². The number of methoxy groups -OCH3 is 1. The molecule has 0 saturated carbocycles. The van der Waals surface area contributed by atoms with E-state index in [1.165, 1.54) is 0 Å². The summed E-state index contributed by atoms with van der Waals surface area (Å²) in [5.41, 5.74) is 0. The van der Waals surface area contributed by atoms with Gasteiger partial charge < -0.3 is 9.47 Å². The minimum atomic E-state index is -0.285. The molecule has 1 saturated heterocycles. The lowest BCUT2D eigenvalue weighted by Crippen LogP contribution is -2.35. The van der Waals surface area contributed by atoms with Gasteiger partial charge in [-0.2, -0.15) is 0 Å². The standard InChI is InChI=1S/C7H13NO3/c1-5-4-8(6(2)10-3)7(9)11-5/h5-6H,4H2,1-3H3. The third kappa shape index (κ3) is 1.63. The molecule has 0 N–H and O–H groups in total. The zero-order valence-corrected chi connectivity index (χ0v) is 7.03. The van der Waals surface area contributed by atoms with Crippen molar-refractivity contribution in [2.24, 2.45) is 0 Å². The minimum Gasteiger partial charge on any atom is -0.444 e. The molecule has 64 valence electrons. The van der Waals surface area contributed by atoms with Crippen LogP contribution in [0, 0.1) is 0 Å². The first-order valence-corrected chi connectivity index (χ1v) is 3.65. The maximum Gasteiger partial charge on any atom is 0.412 e. The number of hydrogen-bond acceptors (Lipinski definition) is 3. The molecule has 0 aromatic rings. The Morgan fingerprint density at radius 2 is 2.45 bits per heavy atom. The molecule has 1 fully saturated rings. The van der Waals surface area contributed by atoms with E-state index in [0.29, 0.717) is 6.54 Å². The van der Waals surface area contributed by atoms with Crippen LogP contribution in [-0.4, -0.2) is 37.0 Å². The molecule has 1 rings (SSSR count). The summed E-state index contributed by atoms with van der Waals surface area (Å²) in [6, 6.07) is 0. The van der Waals surface area contributed by atoms with Crippen molar-refractivity contribution in [1.82, 2.24) is 4.90 Å². The molecule has 0 spiro atoms. The lowest BCUT2D eigenvalue weighted by atomic mass is 10.4. The minimum absolute atomic E-state index is 0.0138. The molecule has 11 heavy (non-hydrogen) atoms. The van der Waals surface area contributed by atoms with Gasteiger partial charge in [0.25, 0.3) is 0 Å². The van der Waals surface area contributed by atoms with Gasteiger partial charge in [0.2, 0.25) is 0 Å². The zero-order chi connectivity index (χ0) is 8.43. The van der Waals surface area contributed by atoms with E-state index >= 15 is 0 Å². The number of carbonyl (C=O) groups excluding carboxylic acids is 1. The summed E-state index contributed by atoms with van der Waals surface area (Å²) < 4.78 is 9.88. The summed E-state index contributed by atoms with van der Waals surface area (Å²) >= 11 is 0. The smallest absolute Gasteiger partial charge is 0.412 e. The summed E-state index contributed by atoms with van der Waals surface area (Å²) in [5, 5.41) is 0.